The minimum Gasteiger partial charge on any atom is -0.389 e. The Hall–Kier alpha value is 0.230. The molecule has 0 heterocycles. The van der Waals surface area contributed by atoms with Crippen molar-refractivity contribution in [1.82, 2.24) is 4.90 Å². The molecule has 80 valence electrons. The van der Waals surface area contributed by atoms with E-state index in [4.69, 9.17) is 4.74 Å². The number of rotatable bonds is 8. The van der Waals surface area contributed by atoms with Gasteiger partial charge in [-0.25, -0.2) is 0 Å². The summed E-state index contributed by atoms with van der Waals surface area (Å²) in [6, 6.07) is 0. The van der Waals surface area contributed by atoms with Crippen molar-refractivity contribution in [1.29, 1.82) is 0 Å². The Balaban J connectivity index is 3.32. The van der Waals surface area contributed by atoms with Crippen LogP contribution in [0, 0.1) is 0 Å². The Morgan fingerprint density at radius 1 is 1.54 bits per heavy atom. The molecule has 1 unspecified atom stereocenters. The van der Waals surface area contributed by atoms with Crippen LogP contribution in [0.5, 0.6) is 0 Å². The lowest BCUT2D eigenvalue weighted by Crippen LogP contribution is -2.32. The van der Waals surface area contributed by atoms with E-state index in [-0.39, 0.29) is 6.10 Å². The van der Waals surface area contributed by atoms with E-state index in [1.165, 1.54) is 12.2 Å². The minimum atomic E-state index is -0.357. The lowest BCUT2D eigenvalue weighted by Gasteiger charge is -2.19. The SMILES string of the molecule is COCC(O)CN(C)CCCSC. The van der Waals surface area contributed by atoms with Crippen molar-refractivity contribution in [2.75, 3.05) is 45.9 Å². The van der Waals surface area contributed by atoms with Crippen LogP contribution in [0.3, 0.4) is 0 Å². The van der Waals surface area contributed by atoms with E-state index >= 15 is 0 Å². The van der Waals surface area contributed by atoms with Gasteiger partial charge in [-0.2, -0.15) is 11.8 Å². The molecule has 0 saturated heterocycles. The Morgan fingerprint density at radius 2 is 2.23 bits per heavy atom. The van der Waals surface area contributed by atoms with E-state index in [2.05, 4.69) is 11.2 Å². The number of aliphatic hydroxyl groups is 1. The molecule has 0 radical (unpaired) electrons. The predicted octanol–water partition coefficient (Wildman–Crippen LogP) is 0.679. The van der Waals surface area contributed by atoms with Crippen molar-refractivity contribution in [3.63, 3.8) is 0 Å². The highest BCUT2D eigenvalue weighted by Gasteiger charge is 2.06. The zero-order valence-electron chi connectivity index (χ0n) is 8.82. The summed E-state index contributed by atoms with van der Waals surface area (Å²) in [5.41, 5.74) is 0. The van der Waals surface area contributed by atoms with E-state index in [0.717, 1.165) is 6.54 Å². The van der Waals surface area contributed by atoms with Crippen LogP contribution < -0.4 is 0 Å². The van der Waals surface area contributed by atoms with Gasteiger partial charge in [0.1, 0.15) is 0 Å². The van der Waals surface area contributed by atoms with Crippen molar-refractivity contribution in [3.8, 4) is 0 Å². The first-order valence-corrected chi connectivity index (χ1v) is 5.94. The normalized spacial score (nSPS) is 13.6. The molecular formula is C9H21NO2S. The van der Waals surface area contributed by atoms with E-state index in [0.29, 0.717) is 13.2 Å². The number of thioether (sulfide) groups is 1. The molecule has 0 aliphatic heterocycles. The predicted molar refractivity (Wildman–Crippen MR) is 58.4 cm³/mol. The fraction of sp³-hybridized carbons (Fsp3) is 1.00. The molecule has 0 aromatic heterocycles. The van der Waals surface area contributed by atoms with Crippen LogP contribution in [0.25, 0.3) is 0 Å². The fourth-order valence-electron chi connectivity index (χ4n) is 1.17. The first kappa shape index (κ1) is 13.2. The summed E-state index contributed by atoms with van der Waals surface area (Å²) in [5.74, 6) is 1.19. The van der Waals surface area contributed by atoms with Crippen LogP contribution in [0.4, 0.5) is 0 Å². The lowest BCUT2D eigenvalue weighted by molar-refractivity contribution is 0.0434. The monoisotopic (exact) mass is 207 g/mol. The molecule has 4 heteroatoms. The van der Waals surface area contributed by atoms with Crippen molar-refractivity contribution < 1.29 is 9.84 Å². The van der Waals surface area contributed by atoms with Gasteiger partial charge < -0.3 is 14.7 Å². The minimum absolute atomic E-state index is 0.357. The molecule has 0 bridgehead atoms. The number of likely N-dealkylation sites (N-methyl/N-ethyl adjacent to an activating group) is 1. The second-order valence-electron chi connectivity index (χ2n) is 3.22. The summed E-state index contributed by atoms with van der Waals surface area (Å²) >= 11 is 1.86. The van der Waals surface area contributed by atoms with Crippen molar-refractivity contribution in [2.24, 2.45) is 0 Å². The van der Waals surface area contributed by atoms with Crippen LogP contribution in [-0.4, -0.2) is 62.0 Å². The quantitative estimate of drug-likeness (QED) is 0.593. The third-order valence-corrected chi connectivity index (χ3v) is 2.47. The zero-order chi connectivity index (χ0) is 10.1. The van der Waals surface area contributed by atoms with Gasteiger partial charge in [-0.15, -0.1) is 0 Å². The topological polar surface area (TPSA) is 32.7 Å². The van der Waals surface area contributed by atoms with Gasteiger partial charge in [-0.05, 0) is 32.0 Å². The second-order valence-corrected chi connectivity index (χ2v) is 4.20. The summed E-state index contributed by atoms with van der Waals surface area (Å²) in [7, 11) is 3.64. The standard InChI is InChI=1S/C9H21NO2S/c1-10(5-4-6-13-3)7-9(11)8-12-2/h9,11H,4-8H2,1-3H3. The van der Waals surface area contributed by atoms with Crippen LogP contribution in [-0.2, 0) is 4.74 Å². The summed E-state index contributed by atoms with van der Waals surface area (Å²) in [4.78, 5) is 2.14. The van der Waals surface area contributed by atoms with Crippen LogP contribution in [0.1, 0.15) is 6.42 Å². The molecule has 0 spiro atoms. The number of nitrogens with zero attached hydrogens (tertiary/aromatic N) is 1. The van der Waals surface area contributed by atoms with Gasteiger partial charge in [-0.1, -0.05) is 0 Å². The molecule has 0 fully saturated rings. The molecule has 0 saturated carbocycles. The van der Waals surface area contributed by atoms with Crippen molar-refractivity contribution >= 4 is 11.8 Å². The summed E-state index contributed by atoms with van der Waals surface area (Å²) in [5, 5.41) is 9.40. The Bertz CT molecular complexity index is 114. The van der Waals surface area contributed by atoms with E-state index in [1.54, 1.807) is 7.11 Å². The molecule has 0 aliphatic rings. The number of hydrogen-bond donors (Lipinski definition) is 1. The van der Waals surface area contributed by atoms with E-state index in [1.807, 2.05) is 18.8 Å². The average Bonchev–Trinajstić information content (AvgIpc) is 2.05. The molecule has 0 rings (SSSR count). The molecule has 1 atom stereocenters. The molecule has 0 amide bonds. The van der Waals surface area contributed by atoms with Crippen LogP contribution >= 0.6 is 11.8 Å². The fourth-order valence-corrected chi connectivity index (χ4v) is 1.59. The maximum absolute atomic E-state index is 9.40. The van der Waals surface area contributed by atoms with Gasteiger partial charge in [0.15, 0.2) is 0 Å². The Kier molecular flexibility index (Phi) is 8.97. The Morgan fingerprint density at radius 3 is 2.77 bits per heavy atom. The molecular weight excluding hydrogens is 186 g/mol. The molecule has 0 aromatic carbocycles. The van der Waals surface area contributed by atoms with Crippen LogP contribution in [0.2, 0.25) is 0 Å². The summed E-state index contributed by atoms with van der Waals surface area (Å²) in [6.45, 7) is 2.16. The maximum atomic E-state index is 9.40. The highest BCUT2D eigenvalue weighted by Crippen LogP contribution is 1.98. The van der Waals surface area contributed by atoms with Gasteiger partial charge in [0.2, 0.25) is 0 Å². The van der Waals surface area contributed by atoms with Crippen LogP contribution in [0.15, 0.2) is 0 Å². The molecule has 0 aromatic rings. The van der Waals surface area contributed by atoms with Gasteiger partial charge in [0.05, 0.1) is 12.7 Å². The van der Waals surface area contributed by atoms with Gasteiger partial charge >= 0.3 is 0 Å². The largest absolute Gasteiger partial charge is 0.389 e. The molecule has 3 nitrogen and oxygen atoms in total. The highest BCUT2D eigenvalue weighted by atomic mass is 32.2. The Labute approximate surface area is 85.4 Å². The summed E-state index contributed by atoms with van der Waals surface area (Å²) < 4.78 is 4.85. The van der Waals surface area contributed by atoms with Gasteiger partial charge in [0, 0.05) is 13.7 Å². The molecule has 13 heavy (non-hydrogen) atoms. The first-order valence-electron chi connectivity index (χ1n) is 4.55. The third-order valence-electron chi connectivity index (χ3n) is 1.77. The molecule has 0 aliphatic carbocycles. The second kappa shape index (κ2) is 8.81. The van der Waals surface area contributed by atoms with Gasteiger partial charge in [0.25, 0.3) is 0 Å². The van der Waals surface area contributed by atoms with Gasteiger partial charge in [-0.3, -0.25) is 0 Å². The van der Waals surface area contributed by atoms with E-state index in [9.17, 15) is 5.11 Å². The summed E-state index contributed by atoms with van der Waals surface area (Å²) in [6.07, 6.45) is 2.93. The number of aliphatic hydroxyl groups excluding tert-OH is 1. The van der Waals surface area contributed by atoms with Crippen molar-refractivity contribution in [2.45, 2.75) is 12.5 Å². The van der Waals surface area contributed by atoms with Crippen molar-refractivity contribution in [3.05, 3.63) is 0 Å². The first-order chi connectivity index (χ1) is 6.20. The number of methoxy groups -OCH3 is 1. The maximum Gasteiger partial charge on any atom is 0.0899 e. The average molecular weight is 207 g/mol. The smallest absolute Gasteiger partial charge is 0.0899 e. The molecule has 1 N–H and O–H groups in total. The van der Waals surface area contributed by atoms with E-state index < -0.39 is 0 Å². The third kappa shape index (κ3) is 8.56. The zero-order valence-corrected chi connectivity index (χ0v) is 9.64. The highest BCUT2D eigenvalue weighted by molar-refractivity contribution is 7.98. The number of ether oxygens (including phenoxy) is 1. The lowest BCUT2D eigenvalue weighted by atomic mass is 10.3. The number of hydrogen-bond acceptors (Lipinski definition) is 4.